The van der Waals surface area contributed by atoms with Crippen LogP contribution < -0.4 is 5.73 Å². The van der Waals surface area contributed by atoms with Crippen LogP contribution in [0.4, 0.5) is 4.72 Å². The first kappa shape index (κ1) is 18.4. The molecule has 0 heterocycles. The summed E-state index contributed by atoms with van der Waals surface area (Å²) in [7, 11) is 0. The molecule has 112 valence electrons. The van der Waals surface area contributed by atoms with E-state index in [0.29, 0.717) is 12.8 Å². The Morgan fingerprint density at radius 1 is 1.32 bits per heavy atom. The second-order valence-corrected chi connectivity index (χ2v) is 5.18. The molecule has 0 saturated heterocycles. The minimum atomic E-state index is -0.859. The molecule has 0 bridgehead atoms. The molecular formula is C14H26FNO2S. The molecule has 1 rings (SSSR count). The molecule has 4 N–H and O–H groups in total. The van der Waals surface area contributed by atoms with Crippen molar-refractivity contribution in [2.75, 3.05) is 12.0 Å². The molecule has 1 aromatic rings. The predicted molar refractivity (Wildman–Crippen MR) is 82.4 cm³/mol. The van der Waals surface area contributed by atoms with E-state index in [1.54, 1.807) is 11.8 Å². The minimum absolute atomic E-state index is 0. The minimum Gasteiger partial charge on any atom is -0.390 e. The highest BCUT2D eigenvalue weighted by Gasteiger charge is 2.22. The van der Waals surface area contributed by atoms with Gasteiger partial charge in [0.15, 0.2) is 0 Å². The van der Waals surface area contributed by atoms with Gasteiger partial charge in [-0.25, -0.2) is 0 Å². The van der Waals surface area contributed by atoms with Crippen molar-refractivity contribution in [3.8, 4) is 0 Å². The van der Waals surface area contributed by atoms with E-state index in [4.69, 9.17) is 10.5 Å². The molecule has 0 amide bonds. The maximum Gasteiger partial charge on any atom is 0.269 e. The van der Waals surface area contributed by atoms with Crippen molar-refractivity contribution < 1.29 is 14.9 Å². The molecule has 1 aromatic carbocycles. The van der Waals surface area contributed by atoms with Gasteiger partial charge in [0.1, 0.15) is 0 Å². The van der Waals surface area contributed by atoms with Crippen molar-refractivity contribution in [3.63, 3.8) is 0 Å². The predicted octanol–water partition coefficient (Wildman–Crippen LogP) is 1.82. The average molecular weight is 293 g/mol. The Morgan fingerprint density at radius 2 is 1.89 bits per heavy atom. The van der Waals surface area contributed by atoms with E-state index in [-0.39, 0.29) is 7.43 Å². The molecular weight excluding hydrogens is 265 g/mol. The Balaban J connectivity index is 0. The van der Waals surface area contributed by atoms with Crippen LogP contribution >= 0.6 is 11.8 Å². The SMILES string of the molecule is C.CSCC[C@@H](O)[C@H](O)[C@@H](N)Cc1ccccc1.[3H]F. The van der Waals surface area contributed by atoms with Crippen LogP contribution in [0.3, 0.4) is 0 Å². The Hall–Kier alpha value is -0.620. The summed E-state index contributed by atoms with van der Waals surface area (Å²) in [6.45, 7) is 0. The number of nitrogens with two attached hydrogens (primary N) is 1. The van der Waals surface area contributed by atoms with Crippen LogP contribution in [0.15, 0.2) is 30.3 Å². The van der Waals surface area contributed by atoms with E-state index >= 15 is 0 Å². The first-order chi connectivity index (χ1) is 9.15. The number of aliphatic hydroxyl groups is 2. The summed E-state index contributed by atoms with van der Waals surface area (Å²) in [5, 5.41) is 19.6. The van der Waals surface area contributed by atoms with E-state index in [1.165, 1.54) is 0 Å². The van der Waals surface area contributed by atoms with Crippen LogP contribution in [0.5, 0.6) is 0 Å². The van der Waals surface area contributed by atoms with Crippen molar-refractivity contribution >= 4 is 11.8 Å². The fourth-order valence-electron chi connectivity index (χ4n) is 1.70. The second-order valence-electron chi connectivity index (χ2n) is 4.19. The molecule has 0 unspecified atom stereocenters. The third-order valence-corrected chi connectivity index (χ3v) is 3.41. The zero-order valence-electron chi connectivity index (χ0n) is 11.5. The van der Waals surface area contributed by atoms with E-state index in [2.05, 4.69) is 1.45 Å². The maximum atomic E-state index is 9.89. The molecule has 0 saturated carbocycles. The molecule has 0 fully saturated rings. The zero-order valence-corrected chi connectivity index (χ0v) is 11.3. The molecule has 0 spiro atoms. The quantitative estimate of drug-likeness (QED) is 0.717. The number of hydrogen-bond donors (Lipinski definition) is 3. The average Bonchev–Trinajstić information content (AvgIpc) is 2.47. The number of halogens is 1. The second kappa shape index (κ2) is 11.2. The van der Waals surface area contributed by atoms with Gasteiger partial charge in [0.25, 0.3) is 1.45 Å². The van der Waals surface area contributed by atoms with Crippen molar-refractivity contribution in [3.05, 3.63) is 35.9 Å². The summed E-state index contributed by atoms with van der Waals surface area (Å²) >= 11 is 1.65. The number of thioether (sulfide) groups is 1. The lowest BCUT2D eigenvalue weighted by Gasteiger charge is -2.23. The highest BCUT2D eigenvalue weighted by molar-refractivity contribution is 7.98. The van der Waals surface area contributed by atoms with Gasteiger partial charge in [-0.15, -0.1) is 0 Å². The molecule has 0 radical (unpaired) electrons. The van der Waals surface area contributed by atoms with E-state index in [0.717, 1.165) is 11.3 Å². The van der Waals surface area contributed by atoms with Crippen molar-refractivity contribution in [1.29, 1.82) is 1.45 Å². The maximum absolute atomic E-state index is 9.89. The molecule has 0 aliphatic rings. The van der Waals surface area contributed by atoms with Crippen LogP contribution in [-0.2, 0) is 6.42 Å². The lowest BCUT2D eigenvalue weighted by atomic mass is 9.97. The molecule has 3 nitrogen and oxygen atoms in total. The summed E-state index contributed by atoms with van der Waals surface area (Å²) in [6.07, 6.45) is 1.54. The van der Waals surface area contributed by atoms with Gasteiger partial charge in [0.2, 0.25) is 0 Å². The van der Waals surface area contributed by atoms with Gasteiger partial charge >= 0.3 is 0 Å². The summed E-state index contributed by atoms with van der Waals surface area (Å²) in [6, 6.07) is 9.35. The number of hydrogen-bond acceptors (Lipinski definition) is 4. The number of benzene rings is 1. The smallest absolute Gasteiger partial charge is 0.269 e. The van der Waals surface area contributed by atoms with E-state index < -0.39 is 18.2 Å². The van der Waals surface area contributed by atoms with Gasteiger partial charge in [-0.05, 0) is 30.4 Å². The molecule has 3 atom stereocenters. The van der Waals surface area contributed by atoms with Gasteiger partial charge < -0.3 is 15.9 Å². The molecule has 0 aliphatic carbocycles. The lowest BCUT2D eigenvalue weighted by molar-refractivity contribution is 0.00316. The van der Waals surface area contributed by atoms with Gasteiger partial charge in [0.05, 0.1) is 12.2 Å². The first-order valence-corrected chi connectivity index (χ1v) is 7.19. The topological polar surface area (TPSA) is 66.5 Å². The molecule has 19 heavy (non-hydrogen) atoms. The van der Waals surface area contributed by atoms with Gasteiger partial charge in [-0.3, -0.25) is 4.72 Å². The fourth-order valence-corrected chi connectivity index (χ4v) is 2.18. The normalized spacial score (nSPS) is 15.1. The Kier molecular flexibility index (Phi) is 10.9. The monoisotopic (exact) mass is 293 g/mol. The highest BCUT2D eigenvalue weighted by atomic mass is 32.2. The summed E-state index contributed by atoms with van der Waals surface area (Å²) < 4.78 is 13.0. The standard InChI is InChI=1S/C13H21NO2S.CH4.FH/c1-17-8-7-12(15)13(16)11(14)9-10-5-3-2-4-6-10;;/h2-6,11-13,15-16H,7-9,14H2,1H3;1H4;1H/t11-,12+,13+;;/m0../s1/i/hT. The zero-order chi connectivity index (χ0) is 14.7. The van der Waals surface area contributed by atoms with Crippen molar-refractivity contribution in [1.82, 2.24) is 0 Å². The summed E-state index contributed by atoms with van der Waals surface area (Å²) in [5.74, 6) is 0.830. The Labute approximate surface area is 121 Å². The van der Waals surface area contributed by atoms with Crippen LogP contribution in [0.1, 0.15) is 19.4 Å². The third kappa shape index (κ3) is 7.52. The third-order valence-electron chi connectivity index (χ3n) is 2.76. The van der Waals surface area contributed by atoms with Crippen LogP contribution in [0, 0.1) is 0 Å². The van der Waals surface area contributed by atoms with Crippen molar-refractivity contribution in [2.24, 2.45) is 5.73 Å². The highest BCUT2D eigenvalue weighted by Crippen LogP contribution is 2.10. The molecule has 0 aromatic heterocycles. The molecule has 5 heteroatoms. The number of aliphatic hydroxyl groups excluding tert-OH is 2. The first-order valence-electron chi connectivity index (χ1n) is 6.17. The van der Waals surface area contributed by atoms with Gasteiger partial charge in [0, 0.05) is 6.04 Å². The Bertz CT molecular complexity index is 319. The van der Waals surface area contributed by atoms with E-state index in [1.807, 2.05) is 36.6 Å². The van der Waals surface area contributed by atoms with Crippen molar-refractivity contribution in [2.45, 2.75) is 38.5 Å². The lowest BCUT2D eigenvalue weighted by Crippen LogP contribution is -2.44. The summed E-state index contributed by atoms with van der Waals surface area (Å²) in [5.41, 5.74) is 6.98. The van der Waals surface area contributed by atoms with Crippen LogP contribution in [0.25, 0.3) is 0 Å². The largest absolute Gasteiger partial charge is 0.390 e. The van der Waals surface area contributed by atoms with Gasteiger partial charge in [-0.1, -0.05) is 37.8 Å². The van der Waals surface area contributed by atoms with E-state index in [9.17, 15) is 10.2 Å². The summed E-state index contributed by atoms with van der Waals surface area (Å²) in [4.78, 5) is 0. The van der Waals surface area contributed by atoms with Crippen LogP contribution in [0.2, 0.25) is 0 Å². The molecule has 0 aliphatic heterocycles. The van der Waals surface area contributed by atoms with Crippen LogP contribution in [-0.4, -0.2) is 41.9 Å². The Morgan fingerprint density at radius 3 is 2.42 bits per heavy atom. The fraction of sp³-hybridized carbons (Fsp3) is 0.571. The number of rotatable bonds is 7. The van der Waals surface area contributed by atoms with Gasteiger partial charge in [-0.2, -0.15) is 11.8 Å².